The first kappa shape index (κ1) is 7.23. The summed E-state index contributed by atoms with van der Waals surface area (Å²) < 4.78 is 21.0. The normalized spacial score (nSPS) is 10.8. The van der Waals surface area contributed by atoms with Gasteiger partial charge < -0.3 is 8.83 Å². The van der Waals surface area contributed by atoms with Gasteiger partial charge in [-0.25, -0.2) is 14.2 Å². The van der Waals surface area contributed by atoms with E-state index in [0.717, 1.165) is 0 Å². The Kier molecular flexibility index (Phi) is 1.75. The highest BCUT2D eigenvalue weighted by atomic mass is 32.2. The lowest BCUT2D eigenvalue weighted by Crippen LogP contribution is -1.92. The number of aromatic nitrogens is 2. The minimum absolute atomic E-state index is 0.0949. The zero-order valence-electron chi connectivity index (χ0n) is 5.84. The molecule has 0 radical (unpaired) electrons. The van der Waals surface area contributed by atoms with Gasteiger partial charge in [0.2, 0.25) is 0 Å². The molecule has 0 N–H and O–H groups in total. The molecule has 62 valence electrons. The van der Waals surface area contributed by atoms with Crippen LogP contribution < -0.4 is 0 Å². The Morgan fingerprint density at radius 2 is 1.58 bits per heavy atom. The smallest absolute Gasteiger partial charge is 0.296 e. The van der Waals surface area contributed by atoms with Crippen molar-refractivity contribution in [2.45, 2.75) is 10.4 Å². The maximum Gasteiger partial charge on any atom is 0.296 e. The first-order valence-corrected chi connectivity index (χ1v) is 4.23. The van der Waals surface area contributed by atoms with Crippen molar-refractivity contribution < 1.29 is 13.0 Å². The minimum atomic E-state index is -1.54. The molecular formula is C6H4N2O3S. The second-order valence-electron chi connectivity index (χ2n) is 1.86. The summed E-state index contributed by atoms with van der Waals surface area (Å²) in [6, 6.07) is 0. The molecule has 2 heterocycles. The van der Waals surface area contributed by atoms with Crippen molar-refractivity contribution in [1.82, 2.24) is 9.97 Å². The van der Waals surface area contributed by atoms with Gasteiger partial charge in [0.05, 0.1) is 12.4 Å². The van der Waals surface area contributed by atoms with E-state index in [2.05, 4.69) is 9.97 Å². The third-order valence-electron chi connectivity index (χ3n) is 1.14. The topological polar surface area (TPSA) is 69.1 Å². The van der Waals surface area contributed by atoms with E-state index in [9.17, 15) is 4.21 Å². The molecule has 0 unspecified atom stereocenters. The van der Waals surface area contributed by atoms with Crippen LogP contribution in [0.3, 0.4) is 0 Å². The van der Waals surface area contributed by atoms with Crippen molar-refractivity contribution in [3.8, 4) is 0 Å². The van der Waals surface area contributed by atoms with Crippen molar-refractivity contribution in [3.05, 3.63) is 24.9 Å². The summed E-state index contributed by atoms with van der Waals surface area (Å²) in [7, 11) is -1.54. The van der Waals surface area contributed by atoms with E-state index in [1.165, 1.54) is 24.9 Å². The second-order valence-corrected chi connectivity index (χ2v) is 3.10. The van der Waals surface area contributed by atoms with Gasteiger partial charge in [0.1, 0.15) is 12.5 Å². The zero-order valence-corrected chi connectivity index (χ0v) is 6.65. The van der Waals surface area contributed by atoms with Crippen molar-refractivity contribution in [3.63, 3.8) is 0 Å². The number of hydrogen-bond acceptors (Lipinski definition) is 5. The molecule has 2 aromatic rings. The molecule has 6 heteroatoms. The number of hydrogen-bond donors (Lipinski definition) is 0. The van der Waals surface area contributed by atoms with E-state index in [-0.39, 0.29) is 10.4 Å². The summed E-state index contributed by atoms with van der Waals surface area (Å²) in [5, 5.41) is 0.190. The van der Waals surface area contributed by atoms with E-state index in [1.807, 2.05) is 0 Å². The maximum absolute atomic E-state index is 11.4. The van der Waals surface area contributed by atoms with E-state index < -0.39 is 10.8 Å². The van der Waals surface area contributed by atoms with E-state index in [4.69, 9.17) is 8.83 Å². The van der Waals surface area contributed by atoms with Crippen LogP contribution in [0.1, 0.15) is 0 Å². The lowest BCUT2D eigenvalue weighted by Gasteiger charge is -1.87. The highest BCUT2D eigenvalue weighted by Gasteiger charge is 2.15. The summed E-state index contributed by atoms with van der Waals surface area (Å²) in [5.41, 5.74) is 0. The summed E-state index contributed by atoms with van der Waals surface area (Å²) in [4.78, 5) is 7.41. The molecule has 5 nitrogen and oxygen atoms in total. The Bertz CT molecular complexity index is 331. The molecule has 0 aliphatic carbocycles. The zero-order chi connectivity index (χ0) is 8.39. The van der Waals surface area contributed by atoms with Crippen LogP contribution in [0.25, 0.3) is 0 Å². The second kappa shape index (κ2) is 2.90. The fourth-order valence-electron chi connectivity index (χ4n) is 0.679. The summed E-state index contributed by atoms with van der Waals surface area (Å²) >= 11 is 0. The van der Waals surface area contributed by atoms with Gasteiger partial charge in [-0.1, -0.05) is 0 Å². The van der Waals surface area contributed by atoms with E-state index in [1.54, 1.807) is 0 Å². The standard InChI is InChI=1S/C6H4N2O3S/c9-12(5-7-1-3-10-5)6-8-2-4-11-6/h1-4H. The van der Waals surface area contributed by atoms with Gasteiger partial charge in [-0.15, -0.1) is 0 Å². The summed E-state index contributed by atoms with van der Waals surface area (Å²) in [6.07, 6.45) is 5.51. The van der Waals surface area contributed by atoms with Crippen molar-refractivity contribution in [1.29, 1.82) is 0 Å². The average Bonchev–Trinajstić information content (AvgIpc) is 2.77. The van der Waals surface area contributed by atoms with Crippen molar-refractivity contribution >= 4 is 10.8 Å². The minimum Gasteiger partial charge on any atom is -0.438 e. The monoisotopic (exact) mass is 184 g/mol. The lowest BCUT2D eigenvalue weighted by atomic mass is 11.0. The van der Waals surface area contributed by atoms with Gasteiger partial charge in [0.15, 0.2) is 10.8 Å². The third kappa shape index (κ3) is 1.16. The summed E-state index contributed by atoms with van der Waals surface area (Å²) in [6.45, 7) is 0. The first-order chi connectivity index (χ1) is 5.88. The molecule has 2 aromatic heterocycles. The molecule has 0 spiro atoms. The Balaban J connectivity index is 2.34. The predicted octanol–water partition coefficient (Wildman–Crippen LogP) is 0.829. The highest BCUT2D eigenvalue weighted by Crippen LogP contribution is 2.11. The third-order valence-corrected chi connectivity index (χ3v) is 2.17. The van der Waals surface area contributed by atoms with E-state index >= 15 is 0 Å². The quantitative estimate of drug-likeness (QED) is 0.691. The first-order valence-electron chi connectivity index (χ1n) is 3.08. The largest absolute Gasteiger partial charge is 0.438 e. The molecule has 0 amide bonds. The maximum atomic E-state index is 11.4. The van der Waals surface area contributed by atoms with Crippen LogP contribution in [-0.2, 0) is 10.8 Å². The number of rotatable bonds is 2. The van der Waals surface area contributed by atoms with Gasteiger partial charge in [0.25, 0.3) is 10.4 Å². The molecule has 0 aromatic carbocycles. The Labute approximate surface area is 69.9 Å². The molecule has 2 rings (SSSR count). The molecule has 0 saturated heterocycles. The van der Waals surface area contributed by atoms with Gasteiger partial charge in [0, 0.05) is 0 Å². The number of oxazole rings is 2. The van der Waals surface area contributed by atoms with Crippen LogP contribution in [0.5, 0.6) is 0 Å². The van der Waals surface area contributed by atoms with Crippen LogP contribution >= 0.6 is 0 Å². The molecule has 0 fully saturated rings. The van der Waals surface area contributed by atoms with Crippen LogP contribution in [0.4, 0.5) is 0 Å². The van der Waals surface area contributed by atoms with E-state index in [0.29, 0.717) is 0 Å². The fraction of sp³-hybridized carbons (Fsp3) is 0. The van der Waals surface area contributed by atoms with Crippen molar-refractivity contribution in [2.75, 3.05) is 0 Å². The van der Waals surface area contributed by atoms with Crippen LogP contribution in [0.15, 0.2) is 44.2 Å². The molecule has 0 aliphatic rings. The SMILES string of the molecule is O=S(c1ncco1)c1ncco1. The lowest BCUT2D eigenvalue weighted by molar-refractivity contribution is 0.416. The summed E-state index contributed by atoms with van der Waals surface area (Å²) in [5.74, 6) is 0. The van der Waals surface area contributed by atoms with Gasteiger partial charge in [-0.05, 0) is 0 Å². The molecule has 0 aliphatic heterocycles. The molecule has 12 heavy (non-hydrogen) atoms. The Morgan fingerprint density at radius 1 is 1.08 bits per heavy atom. The Morgan fingerprint density at radius 3 is 1.92 bits per heavy atom. The molecule has 0 bridgehead atoms. The molecular weight excluding hydrogens is 180 g/mol. The van der Waals surface area contributed by atoms with Crippen LogP contribution in [0.2, 0.25) is 0 Å². The van der Waals surface area contributed by atoms with Crippen molar-refractivity contribution in [2.24, 2.45) is 0 Å². The molecule has 0 atom stereocenters. The Hall–Kier alpha value is -1.43. The van der Waals surface area contributed by atoms with Crippen LogP contribution in [0, 0.1) is 0 Å². The highest BCUT2D eigenvalue weighted by molar-refractivity contribution is 7.84. The number of nitrogens with zero attached hydrogens (tertiary/aromatic N) is 2. The van der Waals surface area contributed by atoms with Gasteiger partial charge in [-0.2, -0.15) is 0 Å². The van der Waals surface area contributed by atoms with Gasteiger partial charge in [-0.3, -0.25) is 0 Å². The molecule has 0 saturated carbocycles. The predicted molar refractivity (Wildman–Crippen MR) is 37.7 cm³/mol. The van der Waals surface area contributed by atoms with Gasteiger partial charge >= 0.3 is 0 Å². The fourth-order valence-corrected chi connectivity index (χ4v) is 1.43. The average molecular weight is 184 g/mol. The van der Waals surface area contributed by atoms with Crippen LogP contribution in [-0.4, -0.2) is 14.2 Å².